The first-order valence-corrected chi connectivity index (χ1v) is 3.98. The van der Waals surface area contributed by atoms with E-state index in [1.54, 1.807) is 0 Å². The molecule has 0 saturated carbocycles. The third-order valence-electron chi connectivity index (χ3n) is 1.92. The van der Waals surface area contributed by atoms with Gasteiger partial charge in [0.05, 0.1) is 4.92 Å². The third-order valence-corrected chi connectivity index (χ3v) is 1.92. The summed E-state index contributed by atoms with van der Waals surface area (Å²) in [6.45, 7) is 4.00. The fourth-order valence-electron chi connectivity index (χ4n) is 1.02. The zero-order valence-electron chi connectivity index (χ0n) is 8.10. The van der Waals surface area contributed by atoms with E-state index in [0.717, 1.165) is 17.3 Å². The van der Waals surface area contributed by atoms with Crippen LogP contribution in [0.25, 0.3) is 6.08 Å². The van der Waals surface area contributed by atoms with Crippen LogP contribution in [0.1, 0.15) is 16.7 Å². The molecule has 0 bridgehead atoms. The minimum absolute atomic E-state index is 0. The summed E-state index contributed by atoms with van der Waals surface area (Å²) in [4.78, 5) is 9.58. The zero-order valence-corrected chi connectivity index (χ0v) is 9.49. The van der Waals surface area contributed by atoms with E-state index >= 15 is 0 Å². The minimum atomic E-state index is -0.463. The van der Waals surface area contributed by atoms with Crippen molar-refractivity contribution in [3.63, 3.8) is 0 Å². The van der Waals surface area contributed by atoms with E-state index in [4.69, 9.17) is 0 Å². The van der Waals surface area contributed by atoms with Crippen LogP contribution in [0.5, 0.6) is 0 Å². The molecule has 1 aromatic rings. The van der Waals surface area contributed by atoms with Gasteiger partial charge < -0.3 is 0 Å². The topological polar surface area (TPSA) is 43.1 Å². The molecule has 0 aliphatic carbocycles. The monoisotopic (exact) mass is 228 g/mol. The van der Waals surface area contributed by atoms with Gasteiger partial charge in [-0.1, -0.05) is 18.2 Å². The number of hydrogen-bond donors (Lipinski definition) is 0. The van der Waals surface area contributed by atoms with Crippen molar-refractivity contribution in [2.24, 2.45) is 0 Å². The van der Waals surface area contributed by atoms with Crippen molar-refractivity contribution in [1.29, 1.82) is 0 Å². The maximum Gasteiger partial charge on any atom is 0.235 e. The average molecular weight is 228 g/mol. The van der Waals surface area contributed by atoms with E-state index < -0.39 is 4.92 Å². The molecule has 14 heavy (non-hydrogen) atoms. The van der Waals surface area contributed by atoms with Gasteiger partial charge in [-0.05, 0) is 30.5 Å². The first-order valence-electron chi connectivity index (χ1n) is 3.98. The summed E-state index contributed by atoms with van der Waals surface area (Å²) in [6.07, 6.45) is 2.44. The summed E-state index contributed by atoms with van der Waals surface area (Å²) >= 11 is 0. The second kappa shape index (κ2) is 5.63. The summed E-state index contributed by atoms with van der Waals surface area (Å²) in [7, 11) is 0. The molecule has 0 aliphatic heterocycles. The van der Waals surface area contributed by atoms with Crippen LogP contribution < -0.4 is 0 Å². The summed E-state index contributed by atoms with van der Waals surface area (Å²) in [5.74, 6) is 0. The molecule has 0 aliphatic rings. The van der Waals surface area contributed by atoms with E-state index in [2.05, 4.69) is 0 Å². The molecule has 1 aromatic carbocycles. The smallest absolute Gasteiger partial charge is 0.235 e. The number of benzene rings is 1. The Morgan fingerprint density at radius 2 is 1.93 bits per heavy atom. The van der Waals surface area contributed by atoms with E-state index in [9.17, 15) is 10.1 Å². The van der Waals surface area contributed by atoms with Gasteiger partial charge in [0.15, 0.2) is 0 Å². The molecule has 1 radical (unpaired) electrons. The Balaban J connectivity index is 0.00000169. The third kappa shape index (κ3) is 3.77. The summed E-state index contributed by atoms with van der Waals surface area (Å²) in [5.41, 5.74) is 3.20. The van der Waals surface area contributed by atoms with E-state index in [0.29, 0.717) is 0 Å². The molecule has 0 unspecified atom stereocenters. The van der Waals surface area contributed by atoms with Gasteiger partial charge in [-0.3, -0.25) is 10.1 Å². The van der Waals surface area contributed by atoms with Crippen LogP contribution in [-0.2, 0) is 18.6 Å². The van der Waals surface area contributed by atoms with Gasteiger partial charge in [-0.2, -0.15) is 0 Å². The number of rotatable bonds is 2. The summed E-state index contributed by atoms with van der Waals surface area (Å²) in [5, 5.41) is 10.0. The molecular formula is C10H11NO2V. The molecule has 0 amide bonds. The molecule has 4 heteroatoms. The number of nitro groups is 1. The predicted molar refractivity (Wildman–Crippen MR) is 51.9 cm³/mol. The maximum atomic E-state index is 10.0. The number of aryl methyl sites for hydroxylation is 2. The van der Waals surface area contributed by atoms with Crippen molar-refractivity contribution in [3.8, 4) is 0 Å². The Hall–Kier alpha value is -1.06. The Bertz CT molecular complexity index is 361. The maximum absolute atomic E-state index is 10.0. The van der Waals surface area contributed by atoms with E-state index in [1.165, 1.54) is 11.6 Å². The number of nitrogens with zero attached hydrogens (tertiary/aromatic N) is 1. The van der Waals surface area contributed by atoms with Crippen molar-refractivity contribution in [2.45, 2.75) is 13.8 Å². The Morgan fingerprint density at radius 1 is 1.29 bits per heavy atom. The van der Waals surface area contributed by atoms with Crippen LogP contribution in [0.3, 0.4) is 0 Å². The first-order chi connectivity index (χ1) is 6.09. The van der Waals surface area contributed by atoms with Crippen LogP contribution in [0, 0.1) is 24.0 Å². The van der Waals surface area contributed by atoms with Crippen LogP contribution in [0.4, 0.5) is 0 Å². The van der Waals surface area contributed by atoms with Crippen LogP contribution in [0.2, 0.25) is 0 Å². The zero-order chi connectivity index (χ0) is 9.84. The number of hydrogen-bond acceptors (Lipinski definition) is 2. The molecule has 3 nitrogen and oxygen atoms in total. The Morgan fingerprint density at radius 3 is 2.43 bits per heavy atom. The molecule has 0 atom stereocenters. The predicted octanol–water partition coefficient (Wildman–Crippen LogP) is 2.55. The van der Waals surface area contributed by atoms with Crippen LogP contribution in [-0.4, -0.2) is 4.92 Å². The van der Waals surface area contributed by atoms with Gasteiger partial charge in [0.2, 0.25) is 6.20 Å². The summed E-state index contributed by atoms with van der Waals surface area (Å²) in [6, 6.07) is 5.74. The molecule has 0 aromatic heterocycles. The summed E-state index contributed by atoms with van der Waals surface area (Å²) < 4.78 is 0. The van der Waals surface area contributed by atoms with Gasteiger partial charge in [-0.15, -0.1) is 0 Å². The largest absolute Gasteiger partial charge is 0.259 e. The molecule has 1 rings (SSSR count). The quantitative estimate of drug-likeness (QED) is 0.576. The second-order valence-electron chi connectivity index (χ2n) is 2.94. The second-order valence-corrected chi connectivity index (χ2v) is 2.94. The van der Waals surface area contributed by atoms with E-state index in [-0.39, 0.29) is 18.6 Å². The molecule has 0 fully saturated rings. The van der Waals surface area contributed by atoms with Crippen molar-refractivity contribution in [3.05, 3.63) is 51.2 Å². The van der Waals surface area contributed by atoms with Gasteiger partial charge in [0.25, 0.3) is 0 Å². The normalized spacial score (nSPS) is 9.86. The van der Waals surface area contributed by atoms with Crippen molar-refractivity contribution in [1.82, 2.24) is 0 Å². The molecule has 0 spiro atoms. The van der Waals surface area contributed by atoms with Crippen molar-refractivity contribution < 1.29 is 23.5 Å². The molecule has 0 heterocycles. The van der Waals surface area contributed by atoms with Crippen molar-refractivity contribution in [2.75, 3.05) is 0 Å². The Kier molecular flexibility index (Phi) is 5.20. The average Bonchev–Trinajstić information content (AvgIpc) is 2.07. The standard InChI is InChI=1S/C10H11NO2.V/c1-8-3-4-10(7-9(8)2)5-6-11(12)13;/h3-7H,1-2H3;/b6-5+;. The van der Waals surface area contributed by atoms with Gasteiger partial charge >= 0.3 is 0 Å². The van der Waals surface area contributed by atoms with Crippen molar-refractivity contribution >= 4 is 6.08 Å². The van der Waals surface area contributed by atoms with Gasteiger partial charge in [-0.25, -0.2) is 0 Å². The molecular weight excluding hydrogens is 217 g/mol. The molecule has 0 saturated heterocycles. The fraction of sp³-hybridized carbons (Fsp3) is 0.200. The SMILES string of the molecule is Cc1ccc(/C=C/[N+](=O)[O-])cc1C.[V]. The minimum Gasteiger partial charge on any atom is -0.259 e. The van der Waals surface area contributed by atoms with Gasteiger partial charge in [0, 0.05) is 24.6 Å². The van der Waals surface area contributed by atoms with Crippen LogP contribution >= 0.6 is 0 Å². The van der Waals surface area contributed by atoms with Gasteiger partial charge in [0.1, 0.15) is 0 Å². The molecule has 0 N–H and O–H groups in total. The first kappa shape index (κ1) is 12.9. The fourth-order valence-corrected chi connectivity index (χ4v) is 1.02. The van der Waals surface area contributed by atoms with E-state index in [1.807, 2.05) is 32.0 Å². The van der Waals surface area contributed by atoms with Crippen LogP contribution in [0.15, 0.2) is 24.4 Å². The molecule has 73 valence electrons. The Labute approximate surface area is 94.9 Å².